The molecule has 0 radical (unpaired) electrons. The number of halogens is 6. The largest absolute Gasteiger partial charge is 2.00 e. The molecule has 0 amide bonds. The summed E-state index contributed by atoms with van der Waals surface area (Å²) in [5.41, 5.74) is 0. The summed E-state index contributed by atoms with van der Waals surface area (Å²) >= 11 is 0. The Morgan fingerprint density at radius 3 is 0.615 bits per heavy atom. The van der Waals surface area contributed by atoms with Crippen LogP contribution in [0.25, 0.3) is 0 Å². The van der Waals surface area contributed by atoms with E-state index in [-0.39, 0.29) is 23.1 Å². The predicted octanol–water partition coefficient (Wildman–Crippen LogP) is 3.86. The average molecular weight is 218 g/mol. The Morgan fingerprint density at radius 2 is 0.615 bits per heavy atom. The van der Waals surface area contributed by atoms with Gasteiger partial charge in [0.2, 0.25) is 0 Å². The van der Waals surface area contributed by atoms with Gasteiger partial charge in [0.15, 0.2) is 13.4 Å². The molecule has 0 spiro atoms. The second-order valence-corrected chi connectivity index (χ2v) is 1.84. The number of hydrogen-bond acceptors (Lipinski definition) is 0. The molecule has 0 aromatic heterocycles. The van der Waals surface area contributed by atoms with Gasteiger partial charge in [0.25, 0.3) is 0 Å². The van der Waals surface area contributed by atoms with E-state index in [9.17, 15) is 26.3 Å². The van der Waals surface area contributed by atoms with E-state index >= 15 is 0 Å². The average Bonchev–Trinajstić information content (AvgIpc) is 1.50. The maximum Gasteiger partial charge on any atom is 2.00 e. The van der Waals surface area contributed by atoms with Crippen LogP contribution < -0.4 is 0 Å². The summed E-state index contributed by atoms with van der Waals surface area (Å²) in [5.74, 6) is 0. The topological polar surface area (TPSA) is 0 Å². The minimum atomic E-state index is -3.08. The fraction of sp³-hybridized carbons (Fsp3) is 0.667. The summed E-state index contributed by atoms with van der Waals surface area (Å²) in [7, 11) is 0. The first-order valence-electron chi connectivity index (χ1n) is 3.13. The first-order valence-corrected chi connectivity index (χ1v) is 3.13. The smallest absolute Gasteiger partial charge is 0.385 e. The van der Waals surface area contributed by atoms with E-state index in [0.29, 0.717) is 0 Å². The standard InChI is InChI=1S/C4H8.2CF3.Mg/c1-2-4-3-1;2*2-1(3)4;/h1-4H2;;;/q;2*-1;+2. The van der Waals surface area contributed by atoms with Gasteiger partial charge in [-0.15, -0.1) is 0 Å². The molecule has 0 unspecified atom stereocenters. The van der Waals surface area contributed by atoms with Crippen molar-refractivity contribution in [2.45, 2.75) is 25.7 Å². The Balaban J connectivity index is -0.000000111. The molecule has 1 aliphatic rings. The Bertz CT molecular complexity index is 60.0. The van der Waals surface area contributed by atoms with Crippen LogP contribution in [0.4, 0.5) is 26.3 Å². The van der Waals surface area contributed by atoms with E-state index in [2.05, 4.69) is 0 Å². The molecule has 0 aliphatic heterocycles. The molecule has 1 saturated carbocycles. The van der Waals surface area contributed by atoms with Crippen LogP contribution in [-0.4, -0.2) is 23.1 Å². The van der Waals surface area contributed by atoms with Crippen molar-refractivity contribution in [1.29, 1.82) is 0 Å². The molecular weight excluding hydrogens is 210 g/mol. The SMILES string of the molecule is C1CCC1.F[C-](F)F.F[C-](F)F.[Mg+2]. The van der Waals surface area contributed by atoms with Gasteiger partial charge in [-0.25, -0.2) is 0 Å². The van der Waals surface area contributed by atoms with Gasteiger partial charge in [-0.3, -0.25) is 0 Å². The van der Waals surface area contributed by atoms with Crippen LogP contribution in [0.15, 0.2) is 0 Å². The summed E-state index contributed by atoms with van der Waals surface area (Å²) < 4.78 is 57.5. The van der Waals surface area contributed by atoms with Crippen LogP contribution in [0, 0.1) is 13.4 Å². The minimum Gasteiger partial charge on any atom is -0.385 e. The van der Waals surface area contributed by atoms with E-state index in [1.807, 2.05) is 0 Å². The molecule has 13 heavy (non-hydrogen) atoms. The molecule has 0 saturated heterocycles. The van der Waals surface area contributed by atoms with E-state index in [4.69, 9.17) is 0 Å². The molecule has 1 fully saturated rings. The van der Waals surface area contributed by atoms with Crippen molar-refractivity contribution in [2.75, 3.05) is 0 Å². The summed E-state index contributed by atoms with van der Waals surface area (Å²) in [4.78, 5) is 0. The third-order valence-electron chi connectivity index (χ3n) is 1.000. The normalized spacial score (nSPS) is 12.9. The Hall–Kier alpha value is 0.346. The first kappa shape index (κ1) is 19.0. The maximum atomic E-state index is 9.58. The second kappa shape index (κ2) is 14.8. The van der Waals surface area contributed by atoms with Gasteiger partial charge in [0.05, 0.1) is 0 Å². The van der Waals surface area contributed by atoms with Gasteiger partial charge >= 0.3 is 23.1 Å². The first-order chi connectivity index (χ1) is 5.46. The van der Waals surface area contributed by atoms with Crippen LogP contribution in [0.5, 0.6) is 0 Å². The molecule has 0 aromatic carbocycles. The summed E-state index contributed by atoms with van der Waals surface area (Å²) in [5, 5.41) is 0. The zero-order chi connectivity index (χ0) is 9.98. The maximum absolute atomic E-state index is 9.58. The van der Waals surface area contributed by atoms with Crippen molar-refractivity contribution in [1.82, 2.24) is 0 Å². The molecule has 76 valence electrons. The van der Waals surface area contributed by atoms with Crippen LogP contribution in [0.1, 0.15) is 25.7 Å². The molecule has 0 N–H and O–H groups in total. The summed E-state index contributed by atoms with van der Waals surface area (Å²) in [6.07, 6.45) is 6.00. The fourth-order valence-electron chi connectivity index (χ4n) is 0.250. The van der Waals surface area contributed by atoms with Gasteiger partial charge in [-0.05, 0) is 0 Å². The van der Waals surface area contributed by atoms with Crippen molar-refractivity contribution < 1.29 is 26.3 Å². The van der Waals surface area contributed by atoms with Crippen molar-refractivity contribution in [3.8, 4) is 0 Å². The monoisotopic (exact) mass is 218 g/mol. The molecule has 1 rings (SSSR count). The van der Waals surface area contributed by atoms with Gasteiger partial charge in [0, 0.05) is 0 Å². The third kappa shape index (κ3) is 70.0. The van der Waals surface area contributed by atoms with Crippen molar-refractivity contribution in [2.24, 2.45) is 0 Å². The van der Waals surface area contributed by atoms with Gasteiger partial charge in [-0.1, -0.05) is 25.7 Å². The Morgan fingerprint density at radius 1 is 0.538 bits per heavy atom. The van der Waals surface area contributed by atoms with Crippen molar-refractivity contribution >= 4 is 23.1 Å². The van der Waals surface area contributed by atoms with Crippen molar-refractivity contribution in [3.05, 3.63) is 13.4 Å². The number of rotatable bonds is 0. The van der Waals surface area contributed by atoms with E-state index in [0.717, 1.165) is 0 Å². The van der Waals surface area contributed by atoms with E-state index in [1.54, 1.807) is 0 Å². The second-order valence-electron chi connectivity index (χ2n) is 1.84. The summed E-state index contributed by atoms with van der Waals surface area (Å²) in [6, 6.07) is 0. The van der Waals surface area contributed by atoms with Crippen LogP contribution in [0.3, 0.4) is 0 Å². The number of hydrogen-bond donors (Lipinski definition) is 0. The van der Waals surface area contributed by atoms with Crippen molar-refractivity contribution in [3.63, 3.8) is 0 Å². The minimum absolute atomic E-state index is 0. The molecule has 0 heterocycles. The molecule has 0 aromatic rings. The predicted molar refractivity (Wildman–Crippen MR) is 37.4 cm³/mol. The van der Waals surface area contributed by atoms with E-state index < -0.39 is 13.4 Å². The van der Waals surface area contributed by atoms with Gasteiger partial charge in [0.1, 0.15) is 0 Å². The van der Waals surface area contributed by atoms with Crippen LogP contribution in [0.2, 0.25) is 0 Å². The van der Waals surface area contributed by atoms with Crippen LogP contribution in [-0.2, 0) is 0 Å². The van der Waals surface area contributed by atoms with Gasteiger partial charge < -0.3 is 26.3 Å². The third-order valence-corrected chi connectivity index (χ3v) is 1.000. The molecule has 0 atom stereocenters. The fourth-order valence-corrected chi connectivity index (χ4v) is 0.250. The summed E-state index contributed by atoms with van der Waals surface area (Å²) in [6.45, 7) is -6.17. The molecular formula is C6H8F6Mg. The van der Waals surface area contributed by atoms with E-state index in [1.165, 1.54) is 25.7 Å². The zero-order valence-corrected chi connectivity index (χ0v) is 8.22. The molecule has 0 nitrogen and oxygen atoms in total. The zero-order valence-electron chi connectivity index (χ0n) is 6.80. The molecule has 1 aliphatic carbocycles. The van der Waals surface area contributed by atoms with Gasteiger partial charge in [-0.2, -0.15) is 0 Å². The Labute approximate surface area is 88.8 Å². The van der Waals surface area contributed by atoms with Crippen LogP contribution >= 0.6 is 0 Å². The Kier molecular flexibility index (Phi) is 21.7. The quantitative estimate of drug-likeness (QED) is 0.329. The molecule has 7 heteroatoms. The molecule has 0 bridgehead atoms.